The van der Waals surface area contributed by atoms with Gasteiger partial charge in [-0.05, 0) is 12.8 Å². The summed E-state index contributed by atoms with van der Waals surface area (Å²) in [5.74, 6) is 1.14. The summed E-state index contributed by atoms with van der Waals surface area (Å²) in [4.78, 5) is 0. The van der Waals surface area contributed by atoms with E-state index in [1.54, 1.807) is 0 Å². The average molecular weight is 194 g/mol. The van der Waals surface area contributed by atoms with E-state index in [0.717, 1.165) is 11.5 Å². The highest BCUT2D eigenvalue weighted by Gasteiger charge is 2.22. The Morgan fingerprint density at radius 3 is 2.50 bits per heavy atom. The van der Waals surface area contributed by atoms with Crippen molar-refractivity contribution in [1.29, 1.82) is 0 Å². The van der Waals surface area contributed by atoms with Crippen molar-refractivity contribution >= 4 is 5.82 Å². The molecule has 1 fully saturated rings. The van der Waals surface area contributed by atoms with Crippen LogP contribution in [-0.2, 0) is 0 Å². The van der Waals surface area contributed by atoms with E-state index in [2.05, 4.69) is 24.2 Å². The molecule has 4 nitrogen and oxygen atoms in total. The Balaban J connectivity index is 2.26. The zero-order valence-corrected chi connectivity index (χ0v) is 8.90. The molecular formula is C10H18N4. The van der Waals surface area contributed by atoms with Gasteiger partial charge in [-0.25, -0.2) is 4.68 Å². The quantitative estimate of drug-likeness (QED) is 0.784. The van der Waals surface area contributed by atoms with Gasteiger partial charge in [0.2, 0.25) is 0 Å². The van der Waals surface area contributed by atoms with Gasteiger partial charge in [0.1, 0.15) is 11.5 Å². The fourth-order valence-corrected chi connectivity index (χ4v) is 2.14. The predicted molar refractivity (Wildman–Crippen MR) is 56.0 cm³/mol. The molecule has 14 heavy (non-hydrogen) atoms. The maximum Gasteiger partial charge on any atom is 0.146 e. The number of hydrogen-bond acceptors (Lipinski definition) is 3. The Kier molecular flexibility index (Phi) is 2.44. The molecule has 2 N–H and O–H groups in total. The molecule has 0 bridgehead atoms. The first kappa shape index (κ1) is 9.49. The molecule has 1 saturated carbocycles. The minimum absolute atomic E-state index is 0.366. The van der Waals surface area contributed by atoms with E-state index < -0.39 is 0 Å². The van der Waals surface area contributed by atoms with Gasteiger partial charge in [-0.1, -0.05) is 31.9 Å². The third-order valence-corrected chi connectivity index (χ3v) is 2.98. The molecule has 0 spiro atoms. The van der Waals surface area contributed by atoms with Gasteiger partial charge in [0, 0.05) is 5.92 Å². The van der Waals surface area contributed by atoms with Crippen LogP contribution in [0.5, 0.6) is 0 Å². The summed E-state index contributed by atoms with van der Waals surface area (Å²) < 4.78 is 1.92. The third kappa shape index (κ3) is 1.49. The molecule has 4 heteroatoms. The number of nitrogen functional groups attached to an aromatic ring is 1. The van der Waals surface area contributed by atoms with Crippen LogP contribution in [0.2, 0.25) is 0 Å². The van der Waals surface area contributed by atoms with E-state index >= 15 is 0 Å². The van der Waals surface area contributed by atoms with Crippen molar-refractivity contribution < 1.29 is 0 Å². The summed E-state index contributed by atoms with van der Waals surface area (Å²) in [5.41, 5.74) is 6.96. The van der Waals surface area contributed by atoms with Gasteiger partial charge in [-0.15, -0.1) is 5.10 Å². The first-order chi connectivity index (χ1) is 6.70. The molecule has 1 aromatic rings. The van der Waals surface area contributed by atoms with Gasteiger partial charge >= 0.3 is 0 Å². The van der Waals surface area contributed by atoms with Crippen LogP contribution in [0.25, 0.3) is 0 Å². The van der Waals surface area contributed by atoms with Crippen molar-refractivity contribution in [1.82, 2.24) is 15.0 Å². The third-order valence-electron chi connectivity index (χ3n) is 2.98. The van der Waals surface area contributed by atoms with Crippen LogP contribution in [-0.4, -0.2) is 15.0 Å². The molecule has 1 aliphatic carbocycles. The molecule has 0 atom stereocenters. The second kappa shape index (κ2) is 3.59. The minimum atomic E-state index is 0.366. The van der Waals surface area contributed by atoms with Crippen LogP contribution < -0.4 is 5.73 Å². The zero-order valence-electron chi connectivity index (χ0n) is 8.90. The number of rotatable bonds is 2. The predicted octanol–water partition coefficient (Wildman–Crippen LogP) is 2.10. The Labute approximate surface area is 84.5 Å². The molecule has 78 valence electrons. The Hall–Kier alpha value is -1.06. The summed E-state index contributed by atoms with van der Waals surface area (Å²) in [7, 11) is 0. The van der Waals surface area contributed by atoms with Gasteiger partial charge in [0.15, 0.2) is 0 Å². The Morgan fingerprint density at radius 2 is 2.00 bits per heavy atom. The average Bonchev–Trinajstić information content (AvgIpc) is 2.71. The van der Waals surface area contributed by atoms with Crippen LogP contribution >= 0.6 is 0 Å². The highest BCUT2D eigenvalue weighted by atomic mass is 15.5. The summed E-state index contributed by atoms with van der Waals surface area (Å²) in [6, 6.07) is 0.495. The molecular weight excluding hydrogens is 176 g/mol. The van der Waals surface area contributed by atoms with Gasteiger partial charge < -0.3 is 5.73 Å². The van der Waals surface area contributed by atoms with Crippen molar-refractivity contribution in [2.24, 2.45) is 0 Å². The lowest BCUT2D eigenvalue weighted by atomic mass is 10.1. The van der Waals surface area contributed by atoms with Crippen molar-refractivity contribution in [3.8, 4) is 0 Å². The van der Waals surface area contributed by atoms with Gasteiger partial charge in [0.25, 0.3) is 0 Å². The van der Waals surface area contributed by atoms with E-state index in [1.807, 2.05) is 4.68 Å². The smallest absolute Gasteiger partial charge is 0.146 e. The molecule has 1 aliphatic rings. The first-order valence-electron chi connectivity index (χ1n) is 5.40. The van der Waals surface area contributed by atoms with Gasteiger partial charge in [-0.3, -0.25) is 0 Å². The summed E-state index contributed by atoms with van der Waals surface area (Å²) in [6.45, 7) is 4.19. The minimum Gasteiger partial charge on any atom is -0.382 e. The lowest BCUT2D eigenvalue weighted by molar-refractivity contribution is 0.460. The lowest BCUT2D eigenvalue weighted by Gasteiger charge is -2.10. The van der Waals surface area contributed by atoms with Crippen LogP contribution in [0.1, 0.15) is 57.2 Å². The standard InChI is InChI=1S/C10H18N4/c1-7(2)9-10(11)14(13-12-9)8-5-3-4-6-8/h7-8H,3-6,11H2,1-2H3. The van der Waals surface area contributed by atoms with Crippen LogP contribution in [0.3, 0.4) is 0 Å². The highest BCUT2D eigenvalue weighted by molar-refractivity contribution is 5.36. The number of anilines is 1. The van der Waals surface area contributed by atoms with E-state index in [-0.39, 0.29) is 0 Å². The molecule has 0 amide bonds. The monoisotopic (exact) mass is 194 g/mol. The van der Waals surface area contributed by atoms with Gasteiger partial charge in [0.05, 0.1) is 6.04 Å². The number of aromatic nitrogens is 3. The van der Waals surface area contributed by atoms with Crippen molar-refractivity contribution in [2.45, 2.75) is 51.5 Å². The zero-order chi connectivity index (χ0) is 10.1. The Morgan fingerprint density at radius 1 is 1.36 bits per heavy atom. The van der Waals surface area contributed by atoms with E-state index in [9.17, 15) is 0 Å². The highest BCUT2D eigenvalue weighted by Crippen LogP contribution is 2.32. The molecule has 1 heterocycles. The summed E-state index contributed by atoms with van der Waals surface area (Å²) >= 11 is 0. The second-order valence-corrected chi connectivity index (χ2v) is 4.40. The van der Waals surface area contributed by atoms with Crippen molar-refractivity contribution in [2.75, 3.05) is 5.73 Å². The molecule has 0 saturated heterocycles. The maximum absolute atomic E-state index is 6.02. The second-order valence-electron chi connectivity index (χ2n) is 4.40. The fraction of sp³-hybridized carbons (Fsp3) is 0.800. The number of nitrogens with two attached hydrogens (primary N) is 1. The Bertz CT molecular complexity index is 310. The fourth-order valence-electron chi connectivity index (χ4n) is 2.14. The van der Waals surface area contributed by atoms with E-state index in [4.69, 9.17) is 5.73 Å². The number of nitrogens with zero attached hydrogens (tertiary/aromatic N) is 3. The summed E-state index contributed by atoms with van der Waals surface area (Å²) in [6.07, 6.45) is 4.98. The molecule has 0 unspecified atom stereocenters. The van der Waals surface area contributed by atoms with E-state index in [0.29, 0.717) is 12.0 Å². The van der Waals surface area contributed by atoms with Crippen LogP contribution in [0.4, 0.5) is 5.82 Å². The van der Waals surface area contributed by atoms with Crippen molar-refractivity contribution in [3.05, 3.63) is 5.69 Å². The van der Waals surface area contributed by atoms with E-state index in [1.165, 1.54) is 25.7 Å². The largest absolute Gasteiger partial charge is 0.382 e. The molecule has 0 radical (unpaired) electrons. The van der Waals surface area contributed by atoms with Gasteiger partial charge in [-0.2, -0.15) is 0 Å². The SMILES string of the molecule is CC(C)c1nnn(C2CCCC2)c1N. The van der Waals surface area contributed by atoms with Crippen molar-refractivity contribution in [3.63, 3.8) is 0 Å². The maximum atomic E-state index is 6.02. The molecule has 1 aromatic heterocycles. The topological polar surface area (TPSA) is 56.7 Å². The molecule has 0 aromatic carbocycles. The van der Waals surface area contributed by atoms with Crippen LogP contribution in [0, 0.1) is 0 Å². The number of hydrogen-bond donors (Lipinski definition) is 1. The first-order valence-corrected chi connectivity index (χ1v) is 5.40. The molecule has 0 aliphatic heterocycles. The lowest BCUT2D eigenvalue weighted by Crippen LogP contribution is -2.10. The normalized spacial score (nSPS) is 18.2. The molecule has 2 rings (SSSR count). The summed E-state index contributed by atoms with van der Waals surface area (Å²) in [5, 5.41) is 8.31. The van der Waals surface area contributed by atoms with Crippen LogP contribution in [0.15, 0.2) is 0 Å².